The van der Waals surface area contributed by atoms with E-state index >= 15 is 0 Å². The molecule has 0 aromatic heterocycles. The molecule has 2 N–H and O–H groups in total. The molecule has 20 heavy (non-hydrogen) atoms. The van der Waals surface area contributed by atoms with Gasteiger partial charge in [-0.1, -0.05) is 24.3 Å². The lowest BCUT2D eigenvalue weighted by Gasteiger charge is -2.11. The molecular weight excluding hydrogens is 252 g/mol. The van der Waals surface area contributed by atoms with E-state index in [0.29, 0.717) is 12.3 Å². The Bertz CT molecular complexity index is 633. The zero-order valence-corrected chi connectivity index (χ0v) is 11.3. The predicted octanol–water partition coefficient (Wildman–Crippen LogP) is 3.22. The lowest BCUT2D eigenvalue weighted by Crippen LogP contribution is -2.03. The predicted molar refractivity (Wildman–Crippen MR) is 77.7 cm³/mol. The molecule has 0 saturated heterocycles. The second kappa shape index (κ2) is 6.48. The Morgan fingerprint density at radius 3 is 2.80 bits per heavy atom. The summed E-state index contributed by atoms with van der Waals surface area (Å²) >= 11 is 0. The zero-order chi connectivity index (χ0) is 14.4. The third kappa shape index (κ3) is 3.42. The van der Waals surface area contributed by atoms with E-state index in [1.54, 1.807) is 6.07 Å². The number of aromatic hydroxyl groups is 1. The van der Waals surface area contributed by atoms with Crippen LogP contribution in [0.5, 0.6) is 11.5 Å². The van der Waals surface area contributed by atoms with Crippen LogP contribution in [0.25, 0.3) is 0 Å². The highest BCUT2D eigenvalue weighted by atomic mass is 16.5. The van der Waals surface area contributed by atoms with Gasteiger partial charge in [-0.05, 0) is 24.6 Å². The van der Waals surface area contributed by atoms with Crippen molar-refractivity contribution in [3.8, 4) is 17.6 Å². The molecule has 0 aliphatic heterocycles. The first kappa shape index (κ1) is 13.8. The van der Waals surface area contributed by atoms with Crippen LogP contribution < -0.4 is 10.1 Å². The average molecular weight is 268 g/mol. The van der Waals surface area contributed by atoms with E-state index in [2.05, 4.69) is 5.32 Å². The Morgan fingerprint density at radius 1 is 1.25 bits per heavy atom. The first-order valence-electron chi connectivity index (χ1n) is 6.32. The molecule has 0 saturated carbocycles. The topological polar surface area (TPSA) is 65.3 Å². The Balaban J connectivity index is 2.06. The fourth-order valence-corrected chi connectivity index (χ4v) is 1.82. The summed E-state index contributed by atoms with van der Waals surface area (Å²) in [5.41, 5.74) is 2.64. The van der Waals surface area contributed by atoms with E-state index in [4.69, 9.17) is 10.00 Å². The van der Waals surface area contributed by atoms with Gasteiger partial charge in [0.25, 0.3) is 0 Å². The summed E-state index contributed by atoms with van der Waals surface area (Å²) in [6, 6.07) is 15.0. The summed E-state index contributed by atoms with van der Waals surface area (Å²) in [5, 5.41) is 21.5. The van der Waals surface area contributed by atoms with Crippen LogP contribution in [0.15, 0.2) is 42.5 Å². The van der Waals surface area contributed by atoms with Crippen LogP contribution in [0.1, 0.15) is 11.1 Å². The molecule has 0 atom stereocenters. The molecule has 0 heterocycles. The van der Waals surface area contributed by atoms with Crippen molar-refractivity contribution < 1.29 is 9.84 Å². The summed E-state index contributed by atoms with van der Waals surface area (Å²) in [5.74, 6) is 0.960. The molecule has 2 aromatic carbocycles. The molecule has 0 unspecified atom stereocenters. The van der Waals surface area contributed by atoms with Crippen LogP contribution in [-0.2, 0) is 6.54 Å². The molecule has 0 spiro atoms. The molecule has 0 aliphatic carbocycles. The van der Waals surface area contributed by atoms with Crippen molar-refractivity contribution in [1.29, 1.82) is 5.26 Å². The van der Waals surface area contributed by atoms with E-state index in [-0.39, 0.29) is 12.4 Å². The minimum Gasteiger partial charge on any atom is -0.508 e. The quantitative estimate of drug-likeness (QED) is 0.873. The summed E-state index contributed by atoms with van der Waals surface area (Å²) in [6.07, 6.45) is 0. The minimum atomic E-state index is 0.0301. The Morgan fingerprint density at radius 2 is 2.05 bits per heavy atom. The van der Waals surface area contributed by atoms with Crippen LogP contribution in [0.3, 0.4) is 0 Å². The summed E-state index contributed by atoms with van der Waals surface area (Å²) in [6.45, 7) is 2.44. The SMILES string of the molecule is Cc1ccc(NCc2ccccc2OCC#N)cc1O. The van der Waals surface area contributed by atoms with Crippen molar-refractivity contribution in [1.82, 2.24) is 0 Å². The van der Waals surface area contributed by atoms with Gasteiger partial charge in [-0.25, -0.2) is 0 Å². The summed E-state index contributed by atoms with van der Waals surface area (Å²) in [7, 11) is 0. The number of phenols is 1. The number of nitrogens with zero attached hydrogens (tertiary/aromatic N) is 1. The molecule has 2 aromatic rings. The number of hydrogen-bond acceptors (Lipinski definition) is 4. The highest BCUT2D eigenvalue weighted by Crippen LogP contribution is 2.23. The lowest BCUT2D eigenvalue weighted by molar-refractivity contribution is 0.364. The van der Waals surface area contributed by atoms with Crippen molar-refractivity contribution >= 4 is 5.69 Å². The van der Waals surface area contributed by atoms with Crippen LogP contribution in [0, 0.1) is 18.3 Å². The molecule has 0 fully saturated rings. The molecular formula is C16H16N2O2. The third-order valence-corrected chi connectivity index (χ3v) is 2.96. The first-order chi connectivity index (χ1) is 9.70. The number of aryl methyl sites for hydroxylation is 1. The molecule has 4 nitrogen and oxygen atoms in total. The number of para-hydroxylation sites is 1. The Hall–Kier alpha value is -2.67. The van der Waals surface area contributed by atoms with Crippen LogP contribution >= 0.6 is 0 Å². The minimum absolute atomic E-state index is 0.0301. The second-order valence-electron chi connectivity index (χ2n) is 4.41. The fraction of sp³-hybridized carbons (Fsp3) is 0.188. The summed E-state index contributed by atoms with van der Waals surface area (Å²) < 4.78 is 5.37. The number of ether oxygens (including phenoxy) is 1. The van der Waals surface area contributed by atoms with Gasteiger partial charge in [-0.15, -0.1) is 0 Å². The van der Waals surface area contributed by atoms with E-state index in [0.717, 1.165) is 16.8 Å². The summed E-state index contributed by atoms with van der Waals surface area (Å²) in [4.78, 5) is 0. The number of benzene rings is 2. The second-order valence-corrected chi connectivity index (χ2v) is 4.41. The largest absolute Gasteiger partial charge is 0.508 e. The van der Waals surface area contributed by atoms with Gasteiger partial charge in [0.15, 0.2) is 6.61 Å². The van der Waals surface area contributed by atoms with Crippen molar-refractivity contribution in [3.05, 3.63) is 53.6 Å². The van der Waals surface area contributed by atoms with E-state index in [1.807, 2.05) is 49.4 Å². The van der Waals surface area contributed by atoms with E-state index in [9.17, 15) is 5.11 Å². The number of hydrogen-bond donors (Lipinski definition) is 2. The standard InChI is InChI=1S/C16H16N2O2/c1-12-6-7-14(10-15(12)19)18-11-13-4-2-3-5-16(13)20-9-8-17/h2-7,10,18-19H,9,11H2,1H3. The van der Waals surface area contributed by atoms with Gasteiger partial charge in [0, 0.05) is 23.9 Å². The van der Waals surface area contributed by atoms with Gasteiger partial charge in [0.2, 0.25) is 0 Å². The molecule has 102 valence electrons. The number of phenolic OH excluding ortho intramolecular Hbond substituents is 1. The molecule has 0 bridgehead atoms. The average Bonchev–Trinajstić information content (AvgIpc) is 2.47. The molecule has 2 rings (SSSR count). The number of nitriles is 1. The smallest absolute Gasteiger partial charge is 0.174 e. The van der Waals surface area contributed by atoms with Crippen molar-refractivity contribution in [3.63, 3.8) is 0 Å². The molecule has 0 radical (unpaired) electrons. The molecule has 0 aliphatic rings. The van der Waals surface area contributed by atoms with Gasteiger partial charge in [-0.2, -0.15) is 5.26 Å². The van der Waals surface area contributed by atoms with Crippen molar-refractivity contribution in [2.45, 2.75) is 13.5 Å². The van der Waals surface area contributed by atoms with E-state index in [1.165, 1.54) is 0 Å². The monoisotopic (exact) mass is 268 g/mol. The van der Waals surface area contributed by atoms with Crippen molar-refractivity contribution in [2.24, 2.45) is 0 Å². The number of nitrogens with one attached hydrogen (secondary N) is 1. The van der Waals surface area contributed by atoms with Crippen LogP contribution in [0.4, 0.5) is 5.69 Å². The maximum absolute atomic E-state index is 9.67. The molecule has 4 heteroatoms. The van der Waals surface area contributed by atoms with Gasteiger partial charge in [0.05, 0.1) is 0 Å². The van der Waals surface area contributed by atoms with Gasteiger partial charge < -0.3 is 15.2 Å². The first-order valence-corrected chi connectivity index (χ1v) is 6.32. The van der Waals surface area contributed by atoms with Crippen LogP contribution in [-0.4, -0.2) is 11.7 Å². The van der Waals surface area contributed by atoms with Crippen LogP contribution in [0.2, 0.25) is 0 Å². The van der Waals surface area contributed by atoms with Crippen molar-refractivity contribution in [2.75, 3.05) is 11.9 Å². The third-order valence-electron chi connectivity index (χ3n) is 2.96. The maximum Gasteiger partial charge on any atom is 0.174 e. The van der Waals surface area contributed by atoms with Gasteiger partial charge in [0.1, 0.15) is 17.6 Å². The number of anilines is 1. The van der Waals surface area contributed by atoms with E-state index < -0.39 is 0 Å². The number of rotatable bonds is 5. The molecule has 0 amide bonds. The Labute approximate surface area is 118 Å². The Kier molecular flexibility index (Phi) is 4.46. The normalized spacial score (nSPS) is 9.80. The lowest BCUT2D eigenvalue weighted by atomic mass is 10.1. The zero-order valence-electron chi connectivity index (χ0n) is 11.3. The van der Waals surface area contributed by atoms with Gasteiger partial charge >= 0.3 is 0 Å². The van der Waals surface area contributed by atoms with Gasteiger partial charge in [-0.3, -0.25) is 0 Å². The highest BCUT2D eigenvalue weighted by molar-refractivity contribution is 5.51. The maximum atomic E-state index is 9.67. The fourth-order valence-electron chi connectivity index (χ4n) is 1.82. The highest BCUT2D eigenvalue weighted by Gasteiger charge is 2.03.